The van der Waals surface area contributed by atoms with Crippen molar-refractivity contribution in [1.29, 1.82) is 0 Å². The van der Waals surface area contributed by atoms with E-state index in [1.54, 1.807) is 13.2 Å². The second-order valence-electron chi connectivity index (χ2n) is 4.40. The van der Waals surface area contributed by atoms with Crippen LogP contribution in [0.15, 0.2) is 42.5 Å². The van der Waals surface area contributed by atoms with Crippen LogP contribution in [0.5, 0.6) is 5.75 Å². The van der Waals surface area contributed by atoms with Gasteiger partial charge in [-0.3, -0.25) is 16.0 Å². The van der Waals surface area contributed by atoms with Gasteiger partial charge in [-0.1, -0.05) is 6.07 Å². The molecule has 0 amide bonds. The zero-order chi connectivity index (χ0) is 15.4. The molecule has 0 fully saturated rings. The van der Waals surface area contributed by atoms with Crippen molar-refractivity contribution < 1.29 is 9.66 Å². The standard InChI is InChI=1S/C14H16N4O3/c1-17(11-4-3-5-14(9-11)21-2)12-6-10(16-15)7-13(8-12)18(19)20/h3-9,16H,15H2,1-2H3. The number of nitro benzene ring substituents is 1. The van der Waals surface area contributed by atoms with E-state index in [4.69, 9.17) is 10.6 Å². The van der Waals surface area contributed by atoms with Crippen LogP contribution in [0.3, 0.4) is 0 Å². The summed E-state index contributed by atoms with van der Waals surface area (Å²) in [6, 6.07) is 12.0. The minimum Gasteiger partial charge on any atom is -0.497 e. The topological polar surface area (TPSA) is 93.7 Å². The Hall–Kier alpha value is -2.80. The van der Waals surface area contributed by atoms with Gasteiger partial charge in [-0.05, 0) is 18.2 Å². The van der Waals surface area contributed by atoms with Crippen molar-refractivity contribution in [3.8, 4) is 5.75 Å². The third kappa shape index (κ3) is 3.21. The summed E-state index contributed by atoms with van der Waals surface area (Å²) < 4.78 is 5.18. The molecule has 0 bridgehead atoms. The summed E-state index contributed by atoms with van der Waals surface area (Å²) in [5, 5.41) is 11.0. The van der Waals surface area contributed by atoms with E-state index in [2.05, 4.69) is 5.43 Å². The van der Waals surface area contributed by atoms with Gasteiger partial charge in [0.05, 0.1) is 17.7 Å². The number of hydrogen-bond acceptors (Lipinski definition) is 6. The molecule has 0 unspecified atom stereocenters. The molecule has 3 N–H and O–H groups in total. The second-order valence-corrected chi connectivity index (χ2v) is 4.40. The summed E-state index contributed by atoms with van der Waals surface area (Å²) in [4.78, 5) is 12.3. The van der Waals surface area contributed by atoms with E-state index < -0.39 is 4.92 Å². The maximum atomic E-state index is 11.0. The molecule has 7 heteroatoms. The van der Waals surface area contributed by atoms with Crippen molar-refractivity contribution in [3.05, 3.63) is 52.6 Å². The zero-order valence-corrected chi connectivity index (χ0v) is 11.7. The maximum Gasteiger partial charge on any atom is 0.273 e. The second kappa shape index (κ2) is 6.10. The van der Waals surface area contributed by atoms with Gasteiger partial charge >= 0.3 is 0 Å². The molecule has 2 aromatic rings. The molecule has 0 saturated carbocycles. The largest absolute Gasteiger partial charge is 0.497 e. The molecule has 0 aromatic heterocycles. The van der Waals surface area contributed by atoms with E-state index in [1.807, 2.05) is 36.2 Å². The molecule has 0 aliphatic rings. The van der Waals surface area contributed by atoms with Crippen LogP contribution >= 0.6 is 0 Å². The lowest BCUT2D eigenvalue weighted by molar-refractivity contribution is -0.384. The Morgan fingerprint density at radius 1 is 1.24 bits per heavy atom. The Bertz CT molecular complexity index is 660. The number of anilines is 3. The lowest BCUT2D eigenvalue weighted by Crippen LogP contribution is -2.12. The highest BCUT2D eigenvalue weighted by atomic mass is 16.6. The van der Waals surface area contributed by atoms with Crippen LogP contribution in [0, 0.1) is 10.1 Å². The fourth-order valence-corrected chi connectivity index (χ4v) is 1.95. The number of hydrazine groups is 1. The van der Waals surface area contributed by atoms with Crippen LogP contribution in [0.25, 0.3) is 0 Å². The molecule has 0 radical (unpaired) electrons. The lowest BCUT2D eigenvalue weighted by Gasteiger charge is -2.20. The van der Waals surface area contributed by atoms with Gasteiger partial charge in [0.2, 0.25) is 0 Å². The molecule has 2 rings (SSSR count). The minimum absolute atomic E-state index is 0.0322. The number of methoxy groups -OCH3 is 1. The number of benzene rings is 2. The van der Waals surface area contributed by atoms with Crippen LogP contribution in [0.1, 0.15) is 0 Å². The third-order valence-corrected chi connectivity index (χ3v) is 3.11. The first kappa shape index (κ1) is 14.6. The zero-order valence-electron chi connectivity index (χ0n) is 11.7. The van der Waals surface area contributed by atoms with Gasteiger partial charge in [-0.25, -0.2) is 0 Å². The van der Waals surface area contributed by atoms with Crippen molar-refractivity contribution in [2.45, 2.75) is 0 Å². The van der Waals surface area contributed by atoms with E-state index in [9.17, 15) is 10.1 Å². The maximum absolute atomic E-state index is 11.0. The van der Waals surface area contributed by atoms with Gasteiger partial charge in [-0.15, -0.1) is 0 Å². The highest BCUT2D eigenvalue weighted by molar-refractivity contribution is 5.70. The fourth-order valence-electron chi connectivity index (χ4n) is 1.95. The van der Waals surface area contributed by atoms with Crippen LogP contribution in [0.4, 0.5) is 22.7 Å². The summed E-state index contributed by atoms with van der Waals surface area (Å²) in [7, 11) is 3.40. The van der Waals surface area contributed by atoms with Crippen LogP contribution in [-0.2, 0) is 0 Å². The molecule has 0 aliphatic carbocycles. The van der Waals surface area contributed by atoms with Crippen LogP contribution in [0.2, 0.25) is 0 Å². The number of ether oxygens (including phenoxy) is 1. The van der Waals surface area contributed by atoms with E-state index in [-0.39, 0.29) is 5.69 Å². The van der Waals surface area contributed by atoms with Crippen molar-refractivity contribution in [1.82, 2.24) is 0 Å². The SMILES string of the molecule is COc1cccc(N(C)c2cc(NN)cc([N+](=O)[O-])c2)c1. The van der Waals surface area contributed by atoms with E-state index in [0.717, 1.165) is 5.69 Å². The molecule has 21 heavy (non-hydrogen) atoms. The normalized spacial score (nSPS) is 10.0. The molecular weight excluding hydrogens is 272 g/mol. The molecule has 2 aromatic carbocycles. The summed E-state index contributed by atoms with van der Waals surface area (Å²) in [5.41, 5.74) is 4.36. The van der Waals surface area contributed by atoms with Gasteiger partial charge in [0.1, 0.15) is 5.75 Å². The lowest BCUT2D eigenvalue weighted by atomic mass is 10.2. The molecular formula is C14H16N4O3. The quantitative estimate of drug-likeness (QED) is 0.499. The van der Waals surface area contributed by atoms with Crippen molar-refractivity contribution >= 4 is 22.7 Å². The Labute approximate surface area is 122 Å². The third-order valence-electron chi connectivity index (χ3n) is 3.11. The first-order valence-electron chi connectivity index (χ1n) is 6.19. The molecule has 0 saturated heterocycles. The Morgan fingerprint density at radius 2 is 2.00 bits per heavy atom. The Kier molecular flexibility index (Phi) is 4.24. The molecule has 7 nitrogen and oxygen atoms in total. The molecule has 0 aliphatic heterocycles. The number of nitrogens with two attached hydrogens (primary N) is 1. The highest BCUT2D eigenvalue weighted by Gasteiger charge is 2.13. The first-order valence-corrected chi connectivity index (χ1v) is 6.19. The summed E-state index contributed by atoms with van der Waals surface area (Å²) in [5.74, 6) is 6.07. The molecule has 0 heterocycles. The van der Waals surface area contributed by atoms with Gasteiger partial charge in [0, 0.05) is 36.6 Å². The van der Waals surface area contributed by atoms with E-state index in [1.165, 1.54) is 12.1 Å². The van der Waals surface area contributed by atoms with E-state index in [0.29, 0.717) is 17.1 Å². The minimum atomic E-state index is -0.455. The van der Waals surface area contributed by atoms with Gasteiger partial charge < -0.3 is 15.1 Å². The van der Waals surface area contributed by atoms with Gasteiger partial charge in [0.15, 0.2) is 0 Å². The molecule has 110 valence electrons. The molecule has 0 spiro atoms. The van der Waals surface area contributed by atoms with Crippen molar-refractivity contribution in [3.63, 3.8) is 0 Å². The number of non-ortho nitro benzene ring substituents is 1. The summed E-state index contributed by atoms with van der Waals surface area (Å²) in [6.07, 6.45) is 0. The summed E-state index contributed by atoms with van der Waals surface area (Å²) >= 11 is 0. The number of rotatable bonds is 5. The number of nitro groups is 1. The van der Waals surface area contributed by atoms with Crippen molar-refractivity contribution in [2.75, 3.05) is 24.5 Å². The Balaban J connectivity index is 2.44. The van der Waals surface area contributed by atoms with Crippen molar-refractivity contribution in [2.24, 2.45) is 5.84 Å². The first-order chi connectivity index (χ1) is 10.0. The number of nitrogens with zero attached hydrogens (tertiary/aromatic N) is 2. The number of hydrogen-bond donors (Lipinski definition) is 2. The highest BCUT2D eigenvalue weighted by Crippen LogP contribution is 2.31. The van der Waals surface area contributed by atoms with E-state index >= 15 is 0 Å². The predicted octanol–water partition coefficient (Wildman–Crippen LogP) is 2.66. The number of nitrogen functional groups attached to an aromatic ring is 1. The smallest absolute Gasteiger partial charge is 0.273 e. The summed E-state index contributed by atoms with van der Waals surface area (Å²) in [6.45, 7) is 0. The van der Waals surface area contributed by atoms with Gasteiger partial charge in [0.25, 0.3) is 5.69 Å². The van der Waals surface area contributed by atoms with Crippen LogP contribution in [-0.4, -0.2) is 19.1 Å². The Morgan fingerprint density at radius 3 is 2.62 bits per heavy atom. The predicted molar refractivity (Wildman–Crippen MR) is 82.0 cm³/mol. The fraction of sp³-hybridized carbons (Fsp3) is 0.143. The van der Waals surface area contributed by atoms with Gasteiger partial charge in [-0.2, -0.15) is 0 Å². The number of nitrogens with one attached hydrogen (secondary N) is 1. The average molecular weight is 288 g/mol. The van der Waals surface area contributed by atoms with Crippen LogP contribution < -0.4 is 20.9 Å². The molecule has 0 atom stereocenters. The average Bonchev–Trinajstić information content (AvgIpc) is 2.53. The monoisotopic (exact) mass is 288 g/mol.